The van der Waals surface area contributed by atoms with Crippen LogP contribution in [0.2, 0.25) is 5.02 Å². The molecular formula is C25H21ClN4O2. The fourth-order valence-corrected chi connectivity index (χ4v) is 3.57. The van der Waals surface area contributed by atoms with Crippen molar-refractivity contribution < 1.29 is 9.59 Å². The molecule has 0 aliphatic rings. The average molecular weight is 445 g/mol. The third kappa shape index (κ3) is 4.55. The fraction of sp³-hybridized carbons (Fsp3) is 0.0800. The number of nitrogens with zero attached hydrogens (tertiary/aromatic N) is 3. The van der Waals surface area contributed by atoms with Gasteiger partial charge in [0.15, 0.2) is 0 Å². The predicted octanol–water partition coefficient (Wildman–Crippen LogP) is 4.56. The summed E-state index contributed by atoms with van der Waals surface area (Å²) in [6, 6.07) is 23.6. The van der Waals surface area contributed by atoms with Crippen LogP contribution >= 0.6 is 11.6 Å². The van der Waals surface area contributed by atoms with Crippen molar-refractivity contribution in [1.29, 1.82) is 0 Å². The molecule has 0 aliphatic heterocycles. The second kappa shape index (κ2) is 9.08. The van der Waals surface area contributed by atoms with Gasteiger partial charge < -0.3 is 10.6 Å². The summed E-state index contributed by atoms with van der Waals surface area (Å²) in [5.74, 6) is -0.793. The number of carbonyl (C=O) groups is 2. The second-order valence-electron chi connectivity index (χ2n) is 7.40. The van der Waals surface area contributed by atoms with Gasteiger partial charge in [0.1, 0.15) is 0 Å². The molecule has 4 aromatic rings. The Labute approximate surface area is 190 Å². The fourth-order valence-electron chi connectivity index (χ4n) is 3.44. The highest BCUT2D eigenvalue weighted by Gasteiger charge is 2.18. The first-order chi connectivity index (χ1) is 15.4. The van der Waals surface area contributed by atoms with Crippen molar-refractivity contribution in [3.63, 3.8) is 0 Å². The maximum absolute atomic E-state index is 13.0. The van der Waals surface area contributed by atoms with Gasteiger partial charge in [0.05, 0.1) is 11.4 Å². The molecule has 0 saturated heterocycles. The van der Waals surface area contributed by atoms with Gasteiger partial charge in [-0.25, -0.2) is 4.68 Å². The molecule has 0 radical (unpaired) electrons. The Balaban J connectivity index is 1.68. The van der Waals surface area contributed by atoms with Gasteiger partial charge in [0, 0.05) is 47.1 Å². The summed E-state index contributed by atoms with van der Waals surface area (Å²) in [5.41, 5.74) is 9.49. The number of benzene rings is 3. The van der Waals surface area contributed by atoms with Gasteiger partial charge in [-0.2, -0.15) is 5.10 Å². The molecule has 160 valence electrons. The van der Waals surface area contributed by atoms with E-state index in [0.717, 1.165) is 22.5 Å². The molecule has 0 fully saturated rings. The smallest absolute Gasteiger partial charge is 0.253 e. The third-order valence-electron chi connectivity index (χ3n) is 5.08. The number of rotatable bonds is 6. The summed E-state index contributed by atoms with van der Waals surface area (Å²) in [6.45, 7) is 0.324. The van der Waals surface area contributed by atoms with Crippen LogP contribution in [-0.4, -0.2) is 33.5 Å². The Bertz CT molecular complexity index is 1270. The molecule has 1 aromatic heterocycles. The van der Waals surface area contributed by atoms with E-state index in [-0.39, 0.29) is 5.91 Å². The average Bonchev–Trinajstić information content (AvgIpc) is 3.23. The molecule has 0 spiro atoms. The lowest BCUT2D eigenvalue weighted by molar-refractivity contribution is 0.0785. The monoisotopic (exact) mass is 444 g/mol. The zero-order valence-electron chi connectivity index (χ0n) is 17.4. The summed E-state index contributed by atoms with van der Waals surface area (Å²) in [6.07, 6.45) is 1.92. The summed E-state index contributed by atoms with van der Waals surface area (Å²) >= 11 is 6.06. The molecule has 7 heteroatoms. The van der Waals surface area contributed by atoms with Crippen LogP contribution in [0, 0.1) is 0 Å². The number of amides is 2. The maximum atomic E-state index is 13.0. The van der Waals surface area contributed by atoms with Crippen molar-refractivity contribution in [3.05, 3.63) is 107 Å². The van der Waals surface area contributed by atoms with E-state index >= 15 is 0 Å². The molecule has 4 rings (SSSR count). The van der Waals surface area contributed by atoms with Crippen LogP contribution in [0.4, 0.5) is 0 Å². The maximum Gasteiger partial charge on any atom is 0.253 e. The van der Waals surface area contributed by atoms with Crippen LogP contribution in [0.5, 0.6) is 0 Å². The molecule has 0 atom stereocenters. The van der Waals surface area contributed by atoms with Crippen LogP contribution in [0.3, 0.4) is 0 Å². The normalized spacial score (nSPS) is 10.7. The number of hydrogen-bond acceptors (Lipinski definition) is 3. The molecule has 32 heavy (non-hydrogen) atoms. The minimum absolute atomic E-state index is 0.220. The summed E-state index contributed by atoms with van der Waals surface area (Å²) in [5, 5.41) is 5.42. The van der Waals surface area contributed by atoms with Gasteiger partial charge in [0.25, 0.3) is 5.91 Å². The number of carbonyl (C=O) groups excluding carboxylic acids is 2. The summed E-state index contributed by atoms with van der Waals surface area (Å²) in [4.78, 5) is 26.1. The highest BCUT2D eigenvalue weighted by molar-refractivity contribution is 6.30. The standard InChI is InChI=1S/C25H21ClN4O2/c1-29(25(32)19-7-5-6-18(14-19)24(27)31)15-20-16-30(22-8-3-2-4-9-22)28-23(20)17-10-12-21(26)13-11-17/h2-14,16H,15H2,1H3,(H2,27,31). The highest BCUT2D eigenvalue weighted by Crippen LogP contribution is 2.26. The molecule has 0 aliphatic carbocycles. The van der Waals surface area contributed by atoms with E-state index < -0.39 is 5.91 Å². The third-order valence-corrected chi connectivity index (χ3v) is 5.33. The Kier molecular flexibility index (Phi) is 6.05. The zero-order valence-corrected chi connectivity index (χ0v) is 18.2. The van der Waals surface area contributed by atoms with Crippen molar-refractivity contribution in [1.82, 2.24) is 14.7 Å². The lowest BCUT2D eigenvalue weighted by Crippen LogP contribution is -2.26. The van der Waals surface area contributed by atoms with E-state index in [1.165, 1.54) is 6.07 Å². The highest BCUT2D eigenvalue weighted by atomic mass is 35.5. The first kappa shape index (κ1) is 21.3. The van der Waals surface area contributed by atoms with E-state index in [2.05, 4.69) is 0 Å². The molecule has 3 aromatic carbocycles. The first-order valence-corrected chi connectivity index (χ1v) is 10.4. The van der Waals surface area contributed by atoms with Crippen molar-refractivity contribution in [2.24, 2.45) is 5.73 Å². The van der Waals surface area contributed by atoms with E-state index in [4.69, 9.17) is 22.4 Å². The van der Waals surface area contributed by atoms with E-state index in [1.807, 2.05) is 60.8 Å². The van der Waals surface area contributed by atoms with Gasteiger partial charge in [-0.15, -0.1) is 0 Å². The topological polar surface area (TPSA) is 81.2 Å². The number of halogens is 1. The quantitative estimate of drug-likeness (QED) is 0.473. The molecule has 0 unspecified atom stereocenters. The van der Waals surface area contributed by atoms with Crippen molar-refractivity contribution >= 4 is 23.4 Å². The Morgan fingerprint density at radius 3 is 2.34 bits per heavy atom. The summed E-state index contributed by atoms with van der Waals surface area (Å²) < 4.78 is 1.80. The largest absolute Gasteiger partial charge is 0.366 e. The lowest BCUT2D eigenvalue weighted by atomic mass is 10.1. The van der Waals surface area contributed by atoms with Crippen LogP contribution in [0.1, 0.15) is 26.3 Å². The van der Waals surface area contributed by atoms with E-state index in [9.17, 15) is 9.59 Å². The first-order valence-electron chi connectivity index (χ1n) is 9.97. The molecule has 6 nitrogen and oxygen atoms in total. The van der Waals surface area contributed by atoms with Gasteiger partial charge >= 0.3 is 0 Å². The number of nitrogens with two attached hydrogens (primary N) is 1. The summed E-state index contributed by atoms with van der Waals surface area (Å²) in [7, 11) is 1.71. The van der Waals surface area contributed by atoms with Gasteiger partial charge in [-0.1, -0.05) is 48.0 Å². The predicted molar refractivity (Wildman–Crippen MR) is 125 cm³/mol. The number of para-hydroxylation sites is 1. The molecule has 0 bridgehead atoms. The minimum Gasteiger partial charge on any atom is -0.366 e. The Morgan fingerprint density at radius 2 is 1.66 bits per heavy atom. The van der Waals surface area contributed by atoms with Crippen LogP contribution < -0.4 is 5.73 Å². The molecule has 0 saturated carbocycles. The molecule has 1 heterocycles. The van der Waals surface area contributed by atoms with Gasteiger partial charge in [-0.05, 0) is 42.5 Å². The van der Waals surface area contributed by atoms with E-state index in [0.29, 0.717) is 22.7 Å². The SMILES string of the molecule is CN(Cc1cn(-c2ccccc2)nc1-c1ccc(Cl)cc1)C(=O)c1cccc(C(N)=O)c1. The number of aromatic nitrogens is 2. The molecule has 2 N–H and O–H groups in total. The molecular weight excluding hydrogens is 424 g/mol. The minimum atomic E-state index is -0.573. The molecule has 2 amide bonds. The van der Waals surface area contributed by atoms with Gasteiger partial charge in [-0.3, -0.25) is 9.59 Å². The lowest BCUT2D eigenvalue weighted by Gasteiger charge is -2.17. The van der Waals surface area contributed by atoms with Crippen molar-refractivity contribution in [2.45, 2.75) is 6.54 Å². The number of hydrogen-bond donors (Lipinski definition) is 1. The van der Waals surface area contributed by atoms with Crippen LogP contribution in [0.25, 0.3) is 16.9 Å². The Morgan fingerprint density at radius 1 is 0.969 bits per heavy atom. The van der Waals surface area contributed by atoms with E-state index in [1.54, 1.807) is 34.8 Å². The van der Waals surface area contributed by atoms with Crippen molar-refractivity contribution in [3.8, 4) is 16.9 Å². The zero-order chi connectivity index (χ0) is 22.7. The van der Waals surface area contributed by atoms with Crippen LogP contribution in [-0.2, 0) is 6.54 Å². The Hall–Kier alpha value is -3.90. The second-order valence-corrected chi connectivity index (χ2v) is 7.83. The number of primary amides is 1. The van der Waals surface area contributed by atoms with Crippen LogP contribution in [0.15, 0.2) is 85.1 Å². The van der Waals surface area contributed by atoms with Gasteiger partial charge in [0.2, 0.25) is 5.91 Å². The van der Waals surface area contributed by atoms with Crippen molar-refractivity contribution in [2.75, 3.05) is 7.05 Å².